The Balaban J connectivity index is 2.21. The third kappa shape index (κ3) is 5.03. The first kappa shape index (κ1) is 11.3. The number of benzene rings is 1. The molecule has 0 spiro atoms. The van der Waals surface area contributed by atoms with Crippen molar-refractivity contribution in [3.63, 3.8) is 0 Å². The zero-order chi connectivity index (χ0) is 10.2. The maximum Gasteiger partial charge on any atom is 0.111 e. The molecule has 0 saturated carbocycles. The molecule has 0 nitrogen and oxygen atoms in total. The Hall–Kier alpha value is -0.823. The zero-order valence-electron chi connectivity index (χ0n) is 9.03. The summed E-state index contributed by atoms with van der Waals surface area (Å²) in [6.07, 6.45) is 4.83. The number of hydrogen-bond donors (Lipinski definition) is 0. The topological polar surface area (TPSA) is 0 Å². The molecule has 0 aliphatic carbocycles. The van der Waals surface area contributed by atoms with E-state index in [-0.39, 0.29) is 0 Å². The van der Waals surface area contributed by atoms with Gasteiger partial charge in [-0.1, -0.05) is 61.1 Å². The highest BCUT2D eigenvalue weighted by Gasteiger charge is 1.90. The van der Waals surface area contributed by atoms with Crippen molar-refractivity contribution in [3.05, 3.63) is 42.1 Å². The molecular weight excluding hydrogens is 184 g/mol. The summed E-state index contributed by atoms with van der Waals surface area (Å²) in [5.41, 5.74) is 2.30. The van der Waals surface area contributed by atoms with Crippen molar-refractivity contribution >= 4 is 14.7 Å². The van der Waals surface area contributed by atoms with Crippen LogP contribution in [0.15, 0.2) is 42.1 Å². The third-order valence-corrected chi connectivity index (χ3v) is 3.12. The first-order chi connectivity index (χ1) is 6.79. The lowest BCUT2D eigenvalue weighted by Crippen LogP contribution is -2.10. The summed E-state index contributed by atoms with van der Waals surface area (Å²) >= 11 is 0. The fourth-order valence-corrected chi connectivity index (χ4v) is 2.06. The molecule has 1 aromatic carbocycles. The third-order valence-electron chi connectivity index (χ3n) is 2.05. The molecule has 74 valence electrons. The zero-order valence-corrected chi connectivity index (χ0v) is 10.0. The maximum absolute atomic E-state index is 2.31. The summed E-state index contributed by atoms with van der Waals surface area (Å²) in [7, 11) is 0.827. The standard InChI is InChI=1S/C13H18Si/c1-12(2)8-6-7-11-14-13-9-4-3-5-10-13/h3-5,7,9-12H,6,8H2,1-2H3/b11-7+. The summed E-state index contributed by atoms with van der Waals surface area (Å²) in [4.78, 5) is 0. The van der Waals surface area contributed by atoms with E-state index in [0.717, 1.165) is 15.4 Å². The van der Waals surface area contributed by atoms with Gasteiger partial charge in [-0.05, 0) is 18.8 Å². The van der Waals surface area contributed by atoms with E-state index in [1.54, 1.807) is 0 Å². The molecule has 1 aromatic rings. The highest BCUT2D eigenvalue weighted by Crippen LogP contribution is 2.03. The minimum absolute atomic E-state index is 0.819. The Morgan fingerprint density at radius 1 is 1.21 bits per heavy atom. The molecule has 0 aliphatic rings. The first-order valence-electron chi connectivity index (χ1n) is 5.25. The van der Waals surface area contributed by atoms with Gasteiger partial charge in [0.25, 0.3) is 0 Å². The van der Waals surface area contributed by atoms with Crippen LogP contribution in [0.25, 0.3) is 0 Å². The number of allylic oxidation sites excluding steroid dienone is 1. The van der Waals surface area contributed by atoms with Crippen molar-refractivity contribution < 1.29 is 0 Å². The summed E-state index contributed by atoms with van der Waals surface area (Å²) in [5, 5.41) is 1.42. The molecule has 0 aliphatic heterocycles. The molecule has 0 amide bonds. The number of hydrogen-bond acceptors (Lipinski definition) is 0. The fraction of sp³-hybridized carbons (Fsp3) is 0.385. The van der Waals surface area contributed by atoms with Gasteiger partial charge in [0, 0.05) is 0 Å². The van der Waals surface area contributed by atoms with Crippen molar-refractivity contribution in [1.29, 1.82) is 0 Å². The van der Waals surface area contributed by atoms with Crippen LogP contribution >= 0.6 is 0 Å². The van der Waals surface area contributed by atoms with E-state index in [9.17, 15) is 0 Å². The molecule has 0 bridgehead atoms. The van der Waals surface area contributed by atoms with Crippen LogP contribution in [0.4, 0.5) is 0 Å². The molecule has 0 aromatic heterocycles. The molecule has 14 heavy (non-hydrogen) atoms. The van der Waals surface area contributed by atoms with E-state index in [1.165, 1.54) is 18.0 Å². The van der Waals surface area contributed by atoms with Gasteiger partial charge in [0.15, 0.2) is 0 Å². The van der Waals surface area contributed by atoms with Gasteiger partial charge >= 0.3 is 0 Å². The van der Waals surface area contributed by atoms with Gasteiger partial charge in [-0.25, -0.2) is 0 Å². The average molecular weight is 202 g/mol. The molecular formula is C13H18Si. The molecule has 0 unspecified atom stereocenters. The molecule has 0 N–H and O–H groups in total. The van der Waals surface area contributed by atoms with Gasteiger partial charge in [0.05, 0.1) is 0 Å². The predicted molar refractivity (Wildman–Crippen MR) is 65.0 cm³/mol. The van der Waals surface area contributed by atoms with Crippen LogP contribution in [0.3, 0.4) is 0 Å². The smallest absolute Gasteiger partial charge is 0.0973 e. The molecule has 0 saturated heterocycles. The molecule has 0 heterocycles. The lowest BCUT2D eigenvalue weighted by atomic mass is 10.1. The highest BCUT2D eigenvalue weighted by molar-refractivity contribution is 6.58. The normalized spacial score (nSPS) is 11.4. The van der Waals surface area contributed by atoms with Gasteiger partial charge in [0.1, 0.15) is 9.52 Å². The SMILES string of the molecule is CC(C)CC/C=C/[Si]c1ccccc1. The van der Waals surface area contributed by atoms with Gasteiger partial charge < -0.3 is 0 Å². The Morgan fingerprint density at radius 2 is 1.93 bits per heavy atom. The Morgan fingerprint density at radius 3 is 2.57 bits per heavy atom. The maximum atomic E-state index is 2.31. The van der Waals surface area contributed by atoms with Gasteiger partial charge in [-0.2, -0.15) is 0 Å². The Bertz CT molecular complexity index is 262. The Labute approximate surface area is 89.9 Å². The second-order valence-electron chi connectivity index (χ2n) is 3.88. The van der Waals surface area contributed by atoms with E-state index in [0.29, 0.717) is 0 Å². The van der Waals surface area contributed by atoms with Gasteiger partial charge in [-0.15, -0.1) is 0 Å². The van der Waals surface area contributed by atoms with E-state index >= 15 is 0 Å². The van der Waals surface area contributed by atoms with Crippen LogP contribution in [0.1, 0.15) is 26.7 Å². The predicted octanol–water partition coefficient (Wildman–Crippen LogP) is 2.97. The quantitative estimate of drug-likeness (QED) is 0.644. The first-order valence-corrected chi connectivity index (χ1v) is 6.33. The fourth-order valence-electron chi connectivity index (χ4n) is 1.20. The van der Waals surface area contributed by atoms with Crippen molar-refractivity contribution in [1.82, 2.24) is 0 Å². The Kier molecular flexibility index (Phi) is 5.31. The number of rotatable bonds is 5. The van der Waals surface area contributed by atoms with Crippen LogP contribution in [0.2, 0.25) is 0 Å². The monoisotopic (exact) mass is 202 g/mol. The van der Waals surface area contributed by atoms with E-state index in [2.05, 4.69) is 56.0 Å². The average Bonchev–Trinajstić information content (AvgIpc) is 2.18. The summed E-state index contributed by atoms with van der Waals surface area (Å²) in [6, 6.07) is 10.6. The van der Waals surface area contributed by atoms with E-state index in [4.69, 9.17) is 0 Å². The molecule has 2 radical (unpaired) electrons. The van der Waals surface area contributed by atoms with Gasteiger partial charge in [0.2, 0.25) is 0 Å². The van der Waals surface area contributed by atoms with Crippen LogP contribution in [0, 0.1) is 5.92 Å². The summed E-state index contributed by atoms with van der Waals surface area (Å²) < 4.78 is 0. The van der Waals surface area contributed by atoms with Crippen LogP contribution in [-0.2, 0) is 0 Å². The van der Waals surface area contributed by atoms with Crippen molar-refractivity contribution in [2.24, 2.45) is 5.92 Å². The van der Waals surface area contributed by atoms with Crippen molar-refractivity contribution in [2.75, 3.05) is 0 Å². The van der Waals surface area contributed by atoms with Crippen LogP contribution in [-0.4, -0.2) is 9.52 Å². The second-order valence-corrected chi connectivity index (χ2v) is 5.08. The van der Waals surface area contributed by atoms with Crippen LogP contribution < -0.4 is 5.19 Å². The lowest BCUT2D eigenvalue weighted by molar-refractivity contribution is 0.594. The van der Waals surface area contributed by atoms with Crippen molar-refractivity contribution in [3.8, 4) is 0 Å². The molecule has 0 fully saturated rings. The molecule has 1 heteroatoms. The molecule has 0 atom stereocenters. The second kappa shape index (κ2) is 6.60. The minimum Gasteiger partial charge on any atom is -0.0973 e. The largest absolute Gasteiger partial charge is 0.111 e. The van der Waals surface area contributed by atoms with E-state index in [1.807, 2.05) is 0 Å². The lowest BCUT2D eigenvalue weighted by Gasteiger charge is -1.98. The van der Waals surface area contributed by atoms with Crippen molar-refractivity contribution in [2.45, 2.75) is 26.7 Å². The van der Waals surface area contributed by atoms with Crippen LogP contribution in [0.5, 0.6) is 0 Å². The summed E-state index contributed by atoms with van der Waals surface area (Å²) in [5.74, 6) is 0.819. The summed E-state index contributed by atoms with van der Waals surface area (Å²) in [6.45, 7) is 4.54. The van der Waals surface area contributed by atoms with E-state index < -0.39 is 0 Å². The molecule has 1 rings (SSSR count). The van der Waals surface area contributed by atoms with Gasteiger partial charge in [-0.3, -0.25) is 0 Å². The minimum atomic E-state index is 0.819. The highest BCUT2D eigenvalue weighted by atomic mass is 28.2.